The second-order valence-corrected chi connectivity index (χ2v) is 8.67. The second-order valence-electron chi connectivity index (χ2n) is 8.23. The molecule has 0 spiro atoms. The van der Waals surface area contributed by atoms with Gasteiger partial charge in [-0.2, -0.15) is 0 Å². The van der Waals surface area contributed by atoms with Gasteiger partial charge in [0.05, 0.1) is 5.60 Å². The number of carbonyl (C=O) groups is 1. The molecular formula is C25H32ClNO3. The average Bonchev–Trinajstić information content (AvgIpc) is 2.77. The highest BCUT2D eigenvalue weighted by Gasteiger charge is 2.42. The number of aliphatic hydroxyl groups is 1. The number of halogens is 1. The van der Waals surface area contributed by atoms with Gasteiger partial charge in [-0.25, -0.2) is 0 Å². The third-order valence-corrected chi connectivity index (χ3v) is 6.50. The number of piperidine rings is 1. The first kappa shape index (κ1) is 22.8. The van der Waals surface area contributed by atoms with Gasteiger partial charge in [-0.15, -0.1) is 0 Å². The molecule has 0 unspecified atom stereocenters. The van der Waals surface area contributed by atoms with Crippen molar-refractivity contribution in [1.29, 1.82) is 0 Å². The molecule has 1 amide bonds. The molecule has 1 heterocycles. The van der Waals surface area contributed by atoms with E-state index in [2.05, 4.69) is 6.07 Å². The number of carbonyl (C=O) groups excluding carboxylic acids is 1. The van der Waals surface area contributed by atoms with Crippen LogP contribution in [0.5, 0.6) is 0 Å². The van der Waals surface area contributed by atoms with Gasteiger partial charge in [0.15, 0.2) is 0 Å². The maximum Gasteiger partial charge on any atom is 0.219 e. The number of amides is 1. The van der Waals surface area contributed by atoms with Crippen LogP contribution in [0.4, 0.5) is 0 Å². The molecule has 5 heteroatoms. The van der Waals surface area contributed by atoms with E-state index in [1.165, 1.54) is 0 Å². The zero-order valence-electron chi connectivity index (χ0n) is 17.9. The molecule has 0 aromatic heterocycles. The molecular weight excluding hydrogens is 398 g/mol. The highest BCUT2D eigenvalue weighted by molar-refractivity contribution is 6.30. The fourth-order valence-electron chi connectivity index (χ4n) is 4.59. The van der Waals surface area contributed by atoms with E-state index in [1.54, 1.807) is 14.0 Å². The van der Waals surface area contributed by atoms with E-state index in [4.69, 9.17) is 16.3 Å². The van der Waals surface area contributed by atoms with Crippen molar-refractivity contribution in [3.8, 4) is 11.1 Å². The number of unbranched alkanes of at least 4 members (excludes halogenated alkanes) is 1. The summed E-state index contributed by atoms with van der Waals surface area (Å²) >= 11 is 6.10. The fraction of sp³-hybridized carbons (Fsp3) is 0.480. The van der Waals surface area contributed by atoms with E-state index in [-0.39, 0.29) is 11.8 Å². The molecule has 3 rings (SSSR count). The number of methoxy groups -OCH3 is 1. The first-order valence-electron chi connectivity index (χ1n) is 10.8. The molecule has 1 aliphatic rings. The van der Waals surface area contributed by atoms with Gasteiger partial charge in [0.2, 0.25) is 5.91 Å². The summed E-state index contributed by atoms with van der Waals surface area (Å²) in [7, 11) is 1.70. The predicted octanol–water partition coefficient (Wildman–Crippen LogP) is 5.27. The van der Waals surface area contributed by atoms with Crippen molar-refractivity contribution in [2.24, 2.45) is 5.92 Å². The first-order valence-corrected chi connectivity index (χ1v) is 11.2. The van der Waals surface area contributed by atoms with Crippen LogP contribution in [0, 0.1) is 5.92 Å². The number of nitrogens with zero attached hydrogens (tertiary/aromatic N) is 1. The Morgan fingerprint density at radius 1 is 1.20 bits per heavy atom. The Kier molecular flexibility index (Phi) is 7.93. The van der Waals surface area contributed by atoms with Gasteiger partial charge >= 0.3 is 0 Å². The van der Waals surface area contributed by atoms with E-state index in [1.807, 2.05) is 47.4 Å². The Morgan fingerprint density at radius 2 is 1.93 bits per heavy atom. The van der Waals surface area contributed by atoms with Gasteiger partial charge in [-0.3, -0.25) is 4.79 Å². The van der Waals surface area contributed by atoms with Crippen molar-refractivity contribution >= 4 is 17.5 Å². The Bertz CT molecular complexity index is 839. The Labute approximate surface area is 184 Å². The zero-order valence-corrected chi connectivity index (χ0v) is 18.7. The lowest BCUT2D eigenvalue weighted by atomic mass is 9.72. The first-order chi connectivity index (χ1) is 14.5. The molecule has 0 aliphatic carbocycles. The van der Waals surface area contributed by atoms with E-state index in [9.17, 15) is 9.90 Å². The van der Waals surface area contributed by atoms with Crippen molar-refractivity contribution in [2.75, 3.05) is 26.8 Å². The predicted molar refractivity (Wildman–Crippen MR) is 121 cm³/mol. The number of likely N-dealkylation sites (tertiary alicyclic amines) is 1. The van der Waals surface area contributed by atoms with E-state index < -0.39 is 5.60 Å². The quantitative estimate of drug-likeness (QED) is 0.581. The zero-order chi connectivity index (χ0) is 21.6. The Morgan fingerprint density at radius 3 is 2.63 bits per heavy atom. The largest absolute Gasteiger partial charge is 0.385 e. The number of ether oxygens (including phenoxy) is 1. The summed E-state index contributed by atoms with van der Waals surface area (Å²) in [5.74, 6) is 0.0681. The molecule has 2 aromatic rings. The summed E-state index contributed by atoms with van der Waals surface area (Å²) < 4.78 is 5.21. The molecule has 30 heavy (non-hydrogen) atoms. The molecule has 0 bridgehead atoms. The van der Waals surface area contributed by atoms with Crippen LogP contribution < -0.4 is 0 Å². The van der Waals surface area contributed by atoms with Gasteiger partial charge < -0.3 is 14.7 Å². The molecule has 162 valence electrons. The molecule has 0 saturated carbocycles. The maximum atomic E-state index is 12.2. The smallest absolute Gasteiger partial charge is 0.219 e. The normalized spacial score (nSPS) is 18.8. The highest BCUT2D eigenvalue weighted by Crippen LogP contribution is 2.43. The number of hydrogen-bond donors (Lipinski definition) is 1. The van der Waals surface area contributed by atoms with Gasteiger partial charge in [0, 0.05) is 44.7 Å². The van der Waals surface area contributed by atoms with E-state index in [0.29, 0.717) is 24.6 Å². The van der Waals surface area contributed by atoms with Gasteiger partial charge in [0.1, 0.15) is 0 Å². The SMILES string of the molecule is COCCCC[C@@](O)(c1ccccc1-c1ccc(Cl)cc1)[C@@H]1CCCN(C(C)=O)C1. The van der Waals surface area contributed by atoms with E-state index >= 15 is 0 Å². The van der Waals surface area contributed by atoms with Crippen LogP contribution in [0.25, 0.3) is 11.1 Å². The molecule has 1 aliphatic heterocycles. The molecule has 0 radical (unpaired) electrons. The van der Waals surface area contributed by atoms with Crippen LogP contribution in [0.2, 0.25) is 5.02 Å². The highest BCUT2D eigenvalue weighted by atomic mass is 35.5. The van der Waals surface area contributed by atoms with Crippen LogP contribution >= 0.6 is 11.6 Å². The molecule has 2 atom stereocenters. The summed E-state index contributed by atoms with van der Waals surface area (Å²) in [6.07, 6.45) is 4.20. The minimum absolute atomic E-state index is 0.00820. The third-order valence-electron chi connectivity index (χ3n) is 6.25. The van der Waals surface area contributed by atoms with Crippen molar-refractivity contribution in [1.82, 2.24) is 4.90 Å². The molecule has 1 fully saturated rings. The Balaban J connectivity index is 2.00. The molecule has 2 aromatic carbocycles. The van der Waals surface area contributed by atoms with Gasteiger partial charge in [-0.05, 0) is 60.9 Å². The second kappa shape index (κ2) is 10.4. The van der Waals surface area contributed by atoms with Crippen molar-refractivity contribution in [3.63, 3.8) is 0 Å². The summed E-state index contributed by atoms with van der Waals surface area (Å²) in [5.41, 5.74) is 1.96. The average molecular weight is 430 g/mol. The number of rotatable bonds is 8. The van der Waals surface area contributed by atoms with Gasteiger partial charge in [-0.1, -0.05) is 48.0 Å². The van der Waals surface area contributed by atoms with Crippen LogP contribution in [0.3, 0.4) is 0 Å². The lowest BCUT2D eigenvalue weighted by molar-refractivity contribution is -0.134. The fourth-order valence-corrected chi connectivity index (χ4v) is 4.72. The van der Waals surface area contributed by atoms with Crippen LogP contribution in [0.15, 0.2) is 48.5 Å². The minimum Gasteiger partial charge on any atom is -0.385 e. The summed E-state index contributed by atoms with van der Waals surface area (Å²) in [4.78, 5) is 13.9. The van der Waals surface area contributed by atoms with E-state index in [0.717, 1.165) is 48.9 Å². The number of benzene rings is 2. The number of hydrogen-bond acceptors (Lipinski definition) is 3. The summed E-state index contributed by atoms with van der Waals surface area (Å²) in [6, 6.07) is 15.8. The lowest BCUT2D eigenvalue weighted by Gasteiger charge is -2.43. The third kappa shape index (κ3) is 5.23. The maximum absolute atomic E-state index is 12.2. The van der Waals surface area contributed by atoms with Crippen molar-refractivity contribution in [3.05, 3.63) is 59.1 Å². The van der Waals surface area contributed by atoms with Crippen LogP contribution in [-0.4, -0.2) is 42.7 Å². The topological polar surface area (TPSA) is 49.8 Å². The lowest BCUT2D eigenvalue weighted by Crippen LogP contribution is -2.47. The van der Waals surface area contributed by atoms with Crippen molar-refractivity contribution in [2.45, 2.75) is 44.6 Å². The minimum atomic E-state index is -1.02. The Hall–Kier alpha value is -1.88. The molecule has 4 nitrogen and oxygen atoms in total. The molecule has 1 saturated heterocycles. The van der Waals surface area contributed by atoms with Crippen LogP contribution in [0.1, 0.15) is 44.6 Å². The van der Waals surface area contributed by atoms with Crippen LogP contribution in [-0.2, 0) is 15.1 Å². The molecule has 1 N–H and O–H groups in total. The standard InChI is InChI=1S/C25H32ClNO3/c1-19(28)27-16-7-8-21(18-27)25(29,15-5-6-17-30-2)24-10-4-3-9-23(24)20-11-13-22(26)14-12-20/h3-4,9-14,21,29H,5-8,15-18H2,1-2H3/t21-,25+/m1/s1. The monoisotopic (exact) mass is 429 g/mol. The van der Waals surface area contributed by atoms with Gasteiger partial charge in [0.25, 0.3) is 0 Å². The summed E-state index contributed by atoms with van der Waals surface area (Å²) in [6.45, 7) is 3.65. The van der Waals surface area contributed by atoms with Crippen molar-refractivity contribution < 1.29 is 14.6 Å². The summed E-state index contributed by atoms with van der Waals surface area (Å²) in [5, 5.41) is 12.9.